The van der Waals surface area contributed by atoms with Crippen molar-refractivity contribution in [1.82, 2.24) is 4.98 Å². The van der Waals surface area contributed by atoms with E-state index in [1.807, 2.05) is 60.8 Å². The molecule has 0 amide bonds. The van der Waals surface area contributed by atoms with Crippen LogP contribution in [-0.2, 0) is 0 Å². The third-order valence-corrected chi connectivity index (χ3v) is 4.94. The first kappa shape index (κ1) is 13.7. The first-order valence-electron chi connectivity index (χ1n) is 8.56. The van der Waals surface area contributed by atoms with Gasteiger partial charge in [-0.3, -0.25) is 4.98 Å². The van der Waals surface area contributed by atoms with Crippen LogP contribution in [0.5, 0.6) is 11.5 Å². The van der Waals surface area contributed by atoms with Gasteiger partial charge in [0.1, 0.15) is 22.7 Å². The average molecular weight is 335 g/mol. The van der Waals surface area contributed by atoms with E-state index in [1.54, 1.807) is 0 Å². The molecule has 0 N–H and O–H groups in total. The summed E-state index contributed by atoms with van der Waals surface area (Å²) in [4.78, 5) is 4.65. The zero-order valence-electron chi connectivity index (χ0n) is 13.8. The molecule has 0 fully saturated rings. The zero-order chi connectivity index (χ0) is 17.1. The molecule has 6 rings (SSSR count). The molecule has 122 valence electrons. The highest BCUT2D eigenvalue weighted by molar-refractivity contribution is 6.08. The van der Waals surface area contributed by atoms with E-state index in [4.69, 9.17) is 9.15 Å². The quantitative estimate of drug-likeness (QED) is 0.321. The summed E-state index contributed by atoms with van der Waals surface area (Å²) >= 11 is 0. The van der Waals surface area contributed by atoms with Crippen LogP contribution in [-0.4, -0.2) is 4.98 Å². The van der Waals surface area contributed by atoms with Crippen LogP contribution < -0.4 is 4.74 Å². The lowest BCUT2D eigenvalue weighted by atomic mass is 9.98. The third kappa shape index (κ3) is 1.80. The first-order valence-corrected chi connectivity index (χ1v) is 8.56. The van der Waals surface area contributed by atoms with E-state index < -0.39 is 0 Å². The summed E-state index contributed by atoms with van der Waals surface area (Å²) in [5.74, 6) is 1.59. The molecule has 0 atom stereocenters. The molecule has 2 aromatic heterocycles. The summed E-state index contributed by atoms with van der Waals surface area (Å²) in [5, 5.41) is 2.20. The van der Waals surface area contributed by atoms with Gasteiger partial charge in [0.15, 0.2) is 0 Å². The SMILES string of the molecule is c1ccc2c(c1)Oc1cc3oc4ccccc4c3cc1-c1cccnc1-2. The fourth-order valence-electron chi connectivity index (χ4n) is 3.75. The fourth-order valence-corrected chi connectivity index (χ4v) is 3.75. The number of fused-ring (bicyclic) bond motifs is 8. The van der Waals surface area contributed by atoms with E-state index in [0.29, 0.717) is 0 Å². The molecule has 0 saturated heterocycles. The number of hydrogen-bond acceptors (Lipinski definition) is 3. The molecule has 3 heteroatoms. The predicted octanol–water partition coefficient (Wildman–Crippen LogP) is 6.42. The van der Waals surface area contributed by atoms with Gasteiger partial charge in [-0.25, -0.2) is 0 Å². The van der Waals surface area contributed by atoms with Crippen LogP contribution in [0.4, 0.5) is 0 Å². The average Bonchev–Trinajstić information content (AvgIpc) is 2.98. The number of aromatic nitrogens is 1. The Morgan fingerprint density at radius 1 is 0.615 bits per heavy atom. The molecule has 0 unspecified atom stereocenters. The number of rotatable bonds is 0. The van der Waals surface area contributed by atoms with E-state index >= 15 is 0 Å². The van der Waals surface area contributed by atoms with E-state index in [9.17, 15) is 0 Å². The lowest BCUT2D eigenvalue weighted by Crippen LogP contribution is -1.86. The highest BCUT2D eigenvalue weighted by Crippen LogP contribution is 2.47. The molecular formula is C23H13NO2. The smallest absolute Gasteiger partial charge is 0.139 e. The number of furan rings is 1. The summed E-state index contributed by atoms with van der Waals surface area (Å²) in [5.41, 5.74) is 5.75. The minimum Gasteiger partial charge on any atom is -0.456 e. The summed E-state index contributed by atoms with van der Waals surface area (Å²) < 4.78 is 12.3. The van der Waals surface area contributed by atoms with Crippen molar-refractivity contribution in [1.29, 1.82) is 0 Å². The molecule has 0 saturated carbocycles. The Kier molecular flexibility index (Phi) is 2.61. The second-order valence-electron chi connectivity index (χ2n) is 6.44. The predicted molar refractivity (Wildman–Crippen MR) is 102 cm³/mol. The molecule has 3 heterocycles. The van der Waals surface area contributed by atoms with Gasteiger partial charge in [-0.1, -0.05) is 36.4 Å². The van der Waals surface area contributed by atoms with Crippen LogP contribution in [0.25, 0.3) is 44.3 Å². The first-order chi connectivity index (χ1) is 12.9. The van der Waals surface area contributed by atoms with Gasteiger partial charge >= 0.3 is 0 Å². The molecule has 3 aromatic carbocycles. The van der Waals surface area contributed by atoms with Gasteiger partial charge in [-0.05, 0) is 30.3 Å². The molecule has 0 radical (unpaired) electrons. The maximum atomic E-state index is 6.29. The Labute approximate surface area is 149 Å². The van der Waals surface area contributed by atoms with E-state index in [2.05, 4.69) is 23.2 Å². The van der Waals surface area contributed by atoms with Crippen molar-refractivity contribution in [2.24, 2.45) is 0 Å². The number of para-hydroxylation sites is 2. The van der Waals surface area contributed by atoms with Gasteiger partial charge in [0.25, 0.3) is 0 Å². The lowest BCUT2D eigenvalue weighted by molar-refractivity contribution is 0.487. The van der Waals surface area contributed by atoms with Crippen LogP contribution in [0.3, 0.4) is 0 Å². The van der Waals surface area contributed by atoms with Gasteiger partial charge in [-0.15, -0.1) is 0 Å². The van der Waals surface area contributed by atoms with Gasteiger partial charge < -0.3 is 9.15 Å². The lowest BCUT2D eigenvalue weighted by Gasteiger charge is -2.08. The highest BCUT2D eigenvalue weighted by atomic mass is 16.5. The van der Waals surface area contributed by atoms with Crippen molar-refractivity contribution < 1.29 is 9.15 Å². The van der Waals surface area contributed by atoms with E-state index in [1.165, 1.54) is 0 Å². The molecule has 5 aromatic rings. The Bertz CT molecular complexity index is 1320. The van der Waals surface area contributed by atoms with Crippen molar-refractivity contribution in [2.45, 2.75) is 0 Å². The maximum Gasteiger partial charge on any atom is 0.139 e. The van der Waals surface area contributed by atoms with Crippen molar-refractivity contribution in [3.8, 4) is 33.9 Å². The van der Waals surface area contributed by atoms with Gasteiger partial charge in [0.05, 0.1) is 5.69 Å². The normalized spacial score (nSPS) is 12.2. The summed E-state index contributed by atoms with van der Waals surface area (Å²) in [7, 11) is 0. The van der Waals surface area contributed by atoms with Crippen LogP contribution in [0.1, 0.15) is 0 Å². The van der Waals surface area contributed by atoms with Crippen LogP contribution in [0.15, 0.2) is 83.4 Å². The Balaban J connectivity index is 1.75. The second-order valence-corrected chi connectivity index (χ2v) is 6.44. The van der Waals surface area contributed by atoms with Crippen LogP contribution >= 0.6 is 0 Å². The molecule has 1 aliphatic heterocycles. The number of ether oxygens (including phenoxy) is 1. The topological polar surface area (TPSA) is 35.3 Å². The molecule has 1 aliphatic rings. The monoisotopic (exact) mass is 335 g/mol. The van der Waals surface area contributed by atoms with Crippen LogP contribution in [0, 0.1) is 0 Å². The largest absolute Gasteiger partial charge is 0.456 e. The maximum absolute atomic E-state index is 6.29. The Morgan fingerprint density at radius 3 is 2.46 bits per heavy atom. The van der Waals surface area contributed by atoms with Gasteiger partial charge in [-0.2, -0.15) is 0 Å². The number of benzene rings is 3. The number of pyridine rings is 1. The highest BCUT2D eigenvalue weighted by Gasteiger charge is 2.23. The minimum atomic E-state index is 0.788. The van der Waals surface area contributed by atoms with Crippen molar-refractivity contribution in [3.63, 3.8) is 0 Å². The van der Waals surface area contributed by atoms with Gasteiger partial charge in [0.2, 0.25) is 0 Å². The minimum absolute atomic E-state index is 0.788. The third-order valence-electron chi connectivity index (χ3n) is 4.94. The van der Waals surface area contributed by atoms with Crippen molar-refractivity contribution in [2.75, 3.05) is 0 Å². The summed E-state index contributed by atoms with van der Waals surface area (Å²) in [6.45, 7) is 0. The summed E-state index contributed by atoms with van der Waals surface area (Å²) in [6.07, 6.45) is 1.83. The Hall–Kier alpha value is -3.59. The fraction of sp³-hybridized carbons (Fsp3) is 0. The van der Waals surface area contributed by atoms with E-state index in [0.717, 1.165) is 55.8 Å². The van der Waals surface area contributed by atoms with E-state index in [-0.39, 0.29) is 0 Å². The molecule has 0 spiro atoms. The second kappa shape index (κ2) is 4.96. The van der Waals surface area contributed by atoms with Crippen LogP contribution in [0.2, 0.25) is 0 Å². The van der Waals surface area contributed by atoms with Crippen molar-refractivity contribution in [3.05, 3.63) is 79.0 Å². The molecule has 3 nitrogen and oxygen atoms in total. The Morgan fingerprint density at radius 2 is 1.46 bits per heavy atom. The molecule has 26 heavy (non-hydrogen) atoms. The zero-order valence-corrected chi connectivity index (χ0v) is 13.8. The summed E-state index contributed by atoms with van der Waals surface area (Å²) in [6, 6.07) is 24.3. The number of nitrogens with zero attached hydrogens (tertiary/aromatic N) is 1. The molecule has 0 bridgehead atoms. The van der Waals surface area contributed by atoms with Gasteiger partial charge in [0, 0.05) is 39.7 Å². The molecule has 0 aliphatic carbocycles. The van der Waals surface area contributed by atoms with Crippen molar-refractivity contribution >= 4 is 21.9 Å². The standard InChI is InChI=1S/C23H13NO2/c1-3-9-19-14(6-1)17-12-18-15-8-5-11-24-23(15)16-7-2-4-10-20(16)26-22(18)13-21(17)25-19/h1-13H. The number of hydrogen-bond donors (Lipinski definition) is 0. The molecular weight excluding hydrogens is 322 g/mol.